The van der Waals surface area contributed by atoms with Crippen LogP contribution in [0.2, 0.25) is 0 Å². The third-order valence-corrected chi connectivity index (χ3v) is 2.50. The van der Waals surface area contributed by atoms with Crippen molar-refractivity contribution in [1.29, 1.82) is 0 Å². The van der Waals surface area contributed by atoms with Crippen LogP contribution in [0.4, 0.5) is 0 Å². The molecular weight excluding hydrogens is 190 g/mol. The Morgan fingerprint density at radius 1 is 1.47 bits per heavy atom. The molecule has 0 amide bonds. The number of hydrogen-bond acceptors (Lipinski definition) is 3. The van der Waals surface area contributed by atoms with E-state index in [1.165, 1.54) is 0 Å². The van der Waals surface area contributed by atoms with Gasteiger partial charge in [0.15, 0.2) is 0 Å². The first kappa shape index (κ1) is 11.9. The molecular formula is C11H19N3O. The smallest absolute Gasteiger partial charge is 0.0782 e. The molecule has 0 saturated carbocycles. The SMILES string of the molecule is Cc1nn(C)c(C)c1C=NC(C)(C)CO. The number of aliphatic imine (C=N–C) groups is 1. The lowest BCUT2D eigenvalue weighted by Crippen LogP contribution is -2.22. The van der Waals surface area contributed by atoms with Crippen LogP contribution in [-0.4, -0.2) is 33.2 Å². The van der Waals surface area contributed by atoms with E-state index in [0.29, 0.717) is 0 Å². The van der Waals surface area contributed by atoms with Crippen molar-refractivity contribution in [3.05, 3.63) is 17.0 Å². The molecule has 1 rings (SSSR count). The molecule has 84 valence electrons. The summed E-state index contributed by atoms with van der Waals surface area (Å²) in [6.45, 7) is 7.80. The maximum atomic E-state index is 9.08. The van der Waals surface area contributed by atoms with Gasteiger partial charge in [-0.3, -0.25) is 9.67 Å². The Morgan fingerprint density at radius 2 is 2.07 bits per heavy atom. The van der Waals surface area contributed by atoms with Crippen molar-refractivity contribution >= 4 is 6.21 Å². The first-order chi connectivity index (χ1) is 6.87. The molecule has 0 aliphatic rings. The molecule has 0 aromatic carbocycles. The van der Waals surface area contributed by atoms with Crippen LogP contribution in [0.25, 0.3) is 0 Å². The molecule has 0 bridgehead atoms. The minimum absolute atomic E-state index is 0.0435. The molecule has 4 nitrogen and oxygen atoms in total. The van der Waals surface area contributed by atoms with Gasteiger partial charge in [0.05, 0.1) is 17.8 Å². The third-order valence-electron chi connectivity index (χ3n) is 2.50. The summed E-state index contributed by atoms with van der Waals surface area (Å²) >= 11 is 0. The lowest BCUT2D eigenvalue weighted by atomic mass is 10.1. The first-order valence-electron chi connectivity index (χ1n) is 5.03. The number of hydrogen-bond donors (Lipinski definition) is 1. The van der Waals surface area contributed by atoms with Crippen LogP contribution < -0.4 is 0 Å². The van der Waals surface area contributed by atoms with E-state index in [-0.39, 0.29) is 6.61 Å². The molecule has 1 N–H and O–H groups in total. The summed E-state index contributed by atoms with van der Waals surface area (Å²) in [5.41, 5.74) is 2.67. The highest BCUT2D eigenvalue weighted by Crippen LogP contribution is 2.12. The van der Waals surface area contributed by atoms with E-state index < -0.39 is 5.54 Å². The Morgan fingerprint density at radius 3 is 2.47 bits per heavy atom. The molecule has 0 radical (unpaired) electrons. The first-order valence-corrected chi connectivity index (χ1v) is 5.03. The van der Waals surface area contributed by atoms with E-state index in [2.05, 4.69) is 10.1 Å². The number of aliphatic hydroxyl groups is 1. The Kier molecular flexibility index (Phi) is 3.29. The van der Waals surface area contributed by atoms with Crippen molar-refractivity contribution in [3.63, 3.8) is 0 Å². The number of aryl methyl sites for hydroxylation is 2. The maximum absolute atomic E-state index is 9.08. The van der Waals surface area contributed by atoms with Crippen LogP contribution in [0.15, 0.2) is 4.99 Å². The standard InChI is InChI=1S/C11H19N3O/c1-8-10(9(2)14(5)13-8)6-12-11(3,4)7-15/h6,15H,7H2,1-5H3. The molecule has 1 aromatic rings. The fraction of sp³-hybridized carbons (Fsp3) is 0.636. The van der Waals surface area contributed by atoms with Crippen LogP contribution in [-0.2, 0) is 7.05 Å². The zero-order valence-corrected chi connectivity index (χ0v) is 10.1. The summed E-state index contributed by atoms with van der Waals surface area (Å²) in [5.74, 6) is 0. The van der Waals surface area contributed by atoms with Crippen molar-refractivity contribution in [2.45, 2.75) is 33.2 Å². The van der Waals surface area contributed by atoms with E-state index in [0.717, 1.165) is 17.0 Å². The monoisotopic (exact) mass is 209 g/mol. The third kappa shape index (κ3) is 2.65. The fourth-order valence-electron chi connectivity index (χ4n) is 1.26. The van der Waals surface area contributed by atoms with Crippen LogP contribution >= 0.6 is 0 Å². The minimum Gasteiger partial charge on any atom is -0.394 e. The van der Waals surface area contributed by atoms with E-state index in [9.17, 15) is 0 Å². The summed E-state index contributed by atoms with van der Waals surface area (Å²) in [7, 11) is 1.91. The topological polar surface area (TPSA) is 50.4 Å². The van der Waals surface area contributed by atoms with E-state index in [1.807, 2.05) is 39.4 Å². The number of aliphatic hydroxyl groups excluding tert-OH is 1. The Balaban J connectivity index is 2.99. The summed E-state index contributed by atoms with van der Waals surface area (Å²) in [6.07, 6.45) is 1.80. The van der Waals surface area contributed by atoms with E-state index in [1.54, 1.807) is 6.21 Å². The van der Waals surface area contributed by atoms with Crippen LogP contribution in [0.3, 0.4) is 0 Å². The van der Waals surface area contributed by atoms with E-state index >= 15 is 0 Å². The highest BCUT2D eigenvalue weighted by molar-refractivity contribution is 5.82. The molecule has 0 aliphatic carbocycles. The molecule has 4 heteroatoms. The Labute approximate surface area is 90.6 Å². The van der Waals surface area contributed by atoms with Gasteiger partial charge in [0.2, 0.25) is 0 Å². The highest BCUT2D eigenvalue weighted by atomic mass is 16.3. The molecule has 0 aliphatic heterocycles. The van der Waals surface area contributed by atoms with Crippen molar-refractivity contribution in [2.24, 2.45) is 12.0 Å². The molecule has 15 heavy (non-hydrogen) atoms. The van der Waals surface area contributed by atoms with Crippen molar-refractivity contribution in [3.8, 4) is 0 Å². The summed E-state index contributed by atoms with van der Waals surface area (Å²) in [5, 5.41) is 13.4. The zero-order valence-electron chi connectivity index (χ0n) is 10.1. The van der Waals surface area contributed by atoms with Gasteiger partial charge in [-0.2, -0.15) is 5.10 Å². The molecule has 1 aromatic heterocycles. The van der Waals surface area contributed by atoms with Gasteiger partial charge in [-0.05, 0) is 27.7 Å². The lowest BCUT2D eigenvalue weighted by molar-refractivity contribution is 0.223. The molecule has 1 heterocycles. The molecule has 0 saturated heterocycles. The van der Waals surface area contributed by atoms with Gasteiger partial charge in [0, 0.05) is 24.5 Å². The van der Waals surface area contributed by atoms with Gasteiger partial charge < -0.3 is 5.11 Å². The quantitative estimate of drug-likeness (QED) is 0.761. The van der Waals surface area contributed by atoms with Crippen molar-refractivity contribution < 1.29 is 5.11 Å². The van der Waals surface area contributed by atoms with Crippen molar-refractivity contribution in [2.75, 3.05) is 6.61 Å². The molecule has 0 spiro atoms. The largest absolute Gasteiger partial charge is 0.394 e. The average Bonchev–Trinajstić information content (AvgIpc) is 2.39. The van der Waals surface area contributed by atoms with Gasteiger partial charge in [-0.1, -0.05) is 0 Å². The van der Waals surface area contributed by atoms with Gasteiger partial charge in [-0.25, -0.2) is 0 Å². The highest BCUT2D eigenvalue weighted by Gasteiger charge is 2.14. The van der Waals surface area contributed by atoms with Gasteiger partial charge >= 0.3 is 0 Å². The van der Waals surface area contributed by atoms with Crippen molar-refractivity contribution in [1.82, 2.24) is 9.78 Å². The molecule has 0 fully saturated rings. The number of aromatic nitrogens is 2. The van der Waals surface area contributed by atoms with Gasteiger partial charge in [0.1, 0.15) is 0 Å². The second-order valence-electron chi connectivity index (χ2n) is 4.44. The van der Waals surface area contributed by atoms with Crippen LogP contribution in [0, 0.1) is 13.8 Å². The predicted molar refractivity (Wildman–Crippen MR) is 61.4 cm³/mol. The lowest BCUT2D eigenvalue weighted by Gasteiger charge is -2.14. The average molecular weight is 209 g/mol. The van der Waals surface area contributed by atoms with Crippen LogP contribution in [0.1, 0.15) is 30.8 Å². The van der Waals surface area contributed by atoms with Gasteiger partial charge in [-0.15, -0.1) is 0 Å². The number of nitrogens with zero attached hydrogens (tertiary/aromatic N) is 3. The minimum atomic E-state index is -0.422. The zero-order chi connectivity index (χ0) is 11.6. The second-order valence-corrected chi connectivity index (χ2v) is 4.44. The Hall–Kier alpha value is -1.16. The molecule has 0 unspecified atom stereocenters. The number of rotatable bonds is 3. The van der Waals surface area contributed by atoms with E-state index in [4.69, 9.17) is 5.11 Å². The fourth-order valence-corrected chi connectivity index (χ4v) is 1.26. The maximum Gasteiger partial charge on any atom is 0.0782 e. The molecule has 0 atom stereocenters. The normalized spacial score (nSPS) is 12.7. The van der Waals surface area contributed by atoms with Crippen LogP contribution in [0.5, 0.6) is 0 Å². The second kappa shape index (κ2) is 4.14. The summed E-state index contributed by atoms with van der Waals surface area (Å²) in [4.78, 5) is 4.35. The summed E-state index contributed by atoms with van der Waals surface area (Å²) in [6, 6.07) is 0. The predicted octanol–water partition coefficient (Wildman–Crippen LogP) is 1.23. The summed E-state index contributed by atoms with van der Waals surface area (Å²) < 4.78 is 1.84. The Bertz CT molecular complexity index is 377. The van der Waals surface area contributed by atoms with Gasteiger partial charge in [0.25, 0.3) is 0 Å².